The van der Waals surface area contributed by atoms with E-state index in [9.17, 15) is 9.59 Å². The van der Waals surface area contributed by atoms with E-state index >= 15 is 0 Å². The molecule has 1 N–H and O–H groups in total. The summed E-state index contributed by atoms with van der Waals surface area (Å²) in [7, 11) is 0. The quantitative estimate of drug-likeness (QED) is 0.813. The zero-order chi connectivity index (χ0) is 13.2. The molecule has 0 aromatic heterocycles. The first-order valence-electron chi connectivity index (χ1n) is 7.10. The first-order chi connectivity index (χ1) is 8.51. The van der Waals surface area contributed by atoms with Crippen LogP contribution in [-0.2, 0) is 9.59 Å². The molecule has 0 aromatic carbocycles. The van der Waals surface area contributed by atoms with Gasteiger partial charge >= 0.3 is 0 Å². The van der Waals surface area contributed by atoms with Crippen LogP contribution in [0.1, 0.15) is 52.4 Å². The van der Waals surface area contributed by atoms with E-state index in [0.29, 0.717) is 25.4 Å². The maximum absolute atomic E-state index is 12.4. The van der Waals surface area contributed by atoms with Gasteiger partial charge in [0.15, 0.2) is 0 Å². The van der Waals surface area contributed by atoms with Crippen LogP contribution in [0.5, 0.6) is 0 Å². The summed E-state index contributed by atoms with van der Waals surface area (Å²) in [6.45, 7) is 4.89. The van der Waals surface area contributed by atoms with Crippen molar-refractivity contribution >= 4 is 11.8 Å². The van der Waals surface area contributed by atoms with Gasteiger partial charge < -0.3 is 10.2 Å². The lowest BCUT2D eigenvalue weighted by atomic mass is 9.86. The first kappa shape index (κ1) is 13.4. The second-order valence-electron chi connectivity index (χ2n) is 6.07. The Morgan fingerprint density at radius 2 is 2.00 bits per heavy atom. The summed E-state index contributed by atoms with van der Waals surface area (Å²) in [5.74, 6) is 0.652. The van der Waals surface area contributed by atoms with Crippen molar-refractivity contribution in [2.75, 3.05) is 13.1 Å². The lowest BCUT2D eigenvalue weighted by molar-refractivity contribution is -0.150. The lowest BCUT2D eigenvalue weighted by Crippen LogP contribution is -2.63. The largest absolute Gasteiger partial charge is 0.352 e. The molecule has 1 saturated carbocycles. The van der Waals surface area contributed by atoms with Gasteiger partial charge in [-0.2, -0.15) is 0 Å². The van der Waals surface area contributed by atoms with E-state index in [1.54, 1.807) is 4.90 Å². The highest BCUT2D eigenvalue weighted by molar-refractivity contribution is 5.91. The molecule has 0 radical (unpaired) electrons. The fraction of sp³-hybridized carbons (Fsp3) is 0.857. The maximum atomic E-state index is 12.4. The molecule has 1 aliphatic carbocycles. The molecule has 0 atom stereocenters. The first-order valence-corrected chi connectivity index (χ1v) is 7.10. The van der Waals surface area contributed by atoms with Crippen molar-refractivity contribution in [1.82, 2.24) is 10.2 Å². The SMILES string of the molecule is CC1(C)C(=O)NCCN1C(=O)CC1CCCCC1. The van der Waals surface area contributed by atoms with E-state index in [2.05, 4.69) is 5.32 Å². The topological polar surface area (TPSA) is 49.4 Å². The summed E-state index contributed by atoms with van der Waals surface area (Å²) in [4.78, 5) is 26.0. The molecule has 1 aliphatic heterocycles. The normalized spacial score (nSPS) is 24.8. The van der Waals surface area contributed by atoms with Crippen molar-refractivity contribution in [2.45, 2.75) is 57.9 Å². The van der Waals surface area contributed by atoms with Crippen LogP contribution in [0.2, 0.25) is 0 Å². The summed E-state index contributed by atoms with van der Waals surface area (Å²) in [5.41, 5.74) is -0.690. The smallest absolute Gasteiger partial charge is 0.245 e. The molecule has 102 valence electrons. The Labute approximate surface area is 109 Å². The molecule has 4 nitrogen and oxygen atoms in total. The molecule has 18 heavy (non-hydrogen) atoms. The molecule has 0 bridgehead atoms. The van der Waals surface area contributed by atoms with E-state index in [1.165, 1.54) is 32.1 Å². The molecule has 2 rings (SSSR count). The van der Waals surface area contributed by atoms with Crippen molar-refractivity contribution in [2.24, 2.45) is 5.92 Å². The minimum atomic E-state index is -0.690. The number of hydrogen-bond acceptors (Lipinski definition) is 2. The second-order valence-corrected chi connectivity index (χ2v) is 6.07. The Morgan fingerprint density at radius 1 is 1.33 bits per heavy atom. The predicted molar refractivity (Wildman–Crippen MR) is 70.0 cm³/mol. The van der Waals surface area contributed by atoms with Gasteiger partial charge in [0.1, 0.15) is 5.54 Å². The summed E-state index contributed by atoms with van der Waals surface area (Å²) >= 11 is 0. The van der Waals surface area contributed by atoms with Gasteiger partial charge in [-0.05, 0) is 32.6 Å². The van der Waals surface area contributed by atoms with Crippen LogP contribution in [-0.4, -0.2) is 35.3 Å². The van der Waals surface area contributed by atoms with Gasteiger partial charge in [-0.3, -0.25) is 9.59 Å². The standard InChI is InChI=1S/C14H24N2O2/c1-14(2)13(18)15-8-9-16(14)12(17)10-11-6-4-3-5-7-11/h11H,3-10H2,1-2H3,(H,15,18). The van der Waals surface area contributed by atoms with Crippen LogP contribution in [0.3, 0.4) is 0 Å². The number of rotatable bonds is 2. The van der Waals surface area contributed by atoms with Gasteiger partial charge in [-0.15, -0.1) is 0 Å². The van der Waals surface area contributed by atoms with Crippen LogP contribution < -0.4 is 5.32 Å². The molecule has 1 heterocycles. The third-order valence-electron chi connectivity index (χ3n) is 4.34. The molecule has 2 aliphatic rings. The predicted octanol–water partition coefficient (Wildman–Crippen LogP) is 1.69. The summed E-state index contributed by atoms with van der Waals surface area (Å²) in [5, 5.41) is 2.83. The highest BCUT2D eigenvalue weighted by Gasteiger charge is 2.40. The third kappa shape index (κ3) is 2.68. The third-order valence-corrected chi connectivity index (χ3v) is 4.34. The molecule has 2 amide bonds. The van der Waals surface area contributed by atoms with Gasteiger partial charge in [0.2, 0.25) is 11.8 Å². The van der Waals surface area contributed by atoms with Crippen LogP contribution in [0.4, 0.5) is 0 Å². The summed E-state index contributed by atoms with van der Waals surface area (Å²) in [6, 6.07) is 0. The minimum absolute atomic E-state index is 0.0363. The molecule has 0 spiro atoms. The van der Waals surface area contributed by atoms with Gasteiger partial charge in [-0.25, -0.2) is 0 Å². The molecule has 4 heteroatoms. The summed E-state index contributed by atoms with van der Waals surface area (Å²) < 4.78 is 0. The number of carbonyl (C=O) groups excluding carboxylic acids is 2. The van der Waals surface area contributed by atoms with Gasteiger partial charge in [0, 0.05) is 19.5 Å². The highest BCUT2D eigenvalue weighted by Crippen LogP contribution is 2.28. The van der Waals surface area contributed by atoms with Crippen LogP contribution in [0, 0.1) is 5.92 Å². The average Bonchev–Trinajstić information content (AvgIpc) is 2.33. The number of hydrogen-bond donors (Lipinski definition) is 1. The monoisotopic (exact) mass is 252 g/mol. The Morgan fingerprint density at radius 3 is 2.67 bits per heavy atom. The van der Waals surface area contributed by atoms with Gasteiger partial charge in [0.05, 0.1) is 0 Å². The van der Waals surface area contributed by atoms with Crippen molar-refractivity contribution in [3.05, 3.63) is 0 Å². The zero-order valence-electron chi connectivity index (χ0n) is 11.5. The molecule has 0 unspecified atom stereocenters. The van der Waals surface area contributed by atoms with E-state index in [1.807, 2.05) is 13.8 Å². The Balaban J connectivity index is 1.96. The lowest BCUT2D eigenvalue weighted by Gasteiger charge is -2.42. The van der Waals surface area contributed by atoms with Gasteiger partial charge in [-0.1, -0.05) is 19.3 Å². The average molecular weight is 252 g/mol. The number of nitrogens with one attached hydrogen (secondary N) is 1. The summed E-state index contributed by atoms with van der Waals surface area (Å²) in [6.07, 6.45) is 6.78. The van der Waals surface area contributed by atoms with E-state index in [-0.39, 0.29) is 11.8 Å². The Bertz CT molecular complexity index is 333. The minimum Gasteiger partial charge on any atom is -0.352 e. The highest BCUT2D eigenvalue weighted by atomic mass is 16.2. The maximum Gasteiger partial charge on any atom is 0.245 e. The molecule has 0 aromatic rings. The van der Waals surface area contributed by atoms with E-state index < -0.39 is 5.54 Å². The Hall–Kier alpha value is -1.06. The fourth-order valence-electron chi connectivity index (χ4n) is 3.08. The van der Waals surface area contributed by atoms with Gasteiger partial charge in [0.25, 0.3) is 0 Å². The van der Waals surface area contributed by atoms with Crippen molar-refractivity contribution in [1.29, 1.82) is 0 Å². The number of nitrogens with zero attached hydrogens (tertiary/aromatic N) is 1. The Kier molecular flexibility index (Phi) is 3.93. The number of carbonyl (C=O) groups is 2. The van der Waals surface area contributed by atoms with E-state index in [4.69, 9.17) is 0 Å². The van der Waals surface area contributed by atoms with Crippen LogP contribution in [0.25, 0.3) is 0 Å². The van der Waals surface area contributed by atoms with Crippen molar-refractivity contribution < 1.29 is 9.59 Å². The number of amides is 2. The molecular weight excluding hydrogens is 228 g/mol. The molecule has 2 fully saturated rings. The second kappa shape index (κ2) is 5.29. The number of piperazine rings is 1. The van der Waals surface area contributed by atoms with Crippen LogP contribution >= 0.6 is 0 Å². The van der Waals surface area contributed by atoms with E-state index in [0.717, 1.165) is 0 Å². The molecular formula is C14H24N2O2. The van der Waals surface area contributed by atoms with Crippen molar-refractivity contribution in [3.8, 4) is 0 Å². The van der Waals surface area contributed by atoms with Crippen LogP contribution in [0.15, 0.2) is 0 Å². The molecule has 1 saturated heterocycles. The zero-order valence-corrected chi connectivity index (χ0v) is 11.5. The fourth-order valence-corrected chi connectivity index (χ4v) is 3.08. The van der Waals surface area contributed by atoms with Crippen molar-refractivity contribution in [3.63, 3.8) is 0 Å².